The van der Waals surface area contributed by atoms with E-state index < -0.39 is 0 Å². The number of nitrogens with zero attached hydrogens (tertiary/aromatic N) is 2. The Morgan fingerprint density at radius 3 is 1.43 bits per heavy atom. The molecule has 0 heterocycles. The van der Waals surface area contributed by atoms with Crippen LogP contribution in [0.2, 0.25) is 0 Å². The van der Waals surface area contributed by atoms with Gasteiger partial charge >= 0.3 is 0 Å². The molecule has 5 nitrogen and oxygen atoms in total. The predicted molar refractivity (Wildman–Crippen MR) is 187 cm³/mol. The largest absolute Gasteiger partial charge is 0.497 e. The van der Waals surface area contributed by atoms with Gasteiger partial charge in [0, 0.05) is 19.6 Å². The summed E-state index contributed by atoms with van der Waals surface area (Å²) in [5.41, 5.74) is 4.37. The highest BCUT2D eigenvalue weighted by atomic mass is 32.2. The van der Waals surface area contributed by atoms with Crippen LogP contribution < -0.4 is 14.2 Å². The van der Waals surface area contributed by atoms with Gasteiger partial charge in [-0.25, -0.2) is 0 Å². The van der Waals surface area contributed by atoms with Crippen LogP contribution >= 0.6 is 23.5 Å². The van der Waals surface area contributed by atoms with Crippen molar-refractivity contribution in [1.29, 1.82) is 10.5 Å². The van der Waals surface area contributed by atoms with E-state index in [2.05, 4.69) is 60.7 Å². The summed E-state index contributed by atoms with van der Waals surface area (Å²) in [6.07, 6.45) is 0. The minimum Gasteiger partial charge on any atom is -0.497 e. The van der Waals surface area contributed by atoms with E-state index in [4.69, 9.17) is 14.2 Å². The van der Waals surface area contributed by atoms with Crippen LogP contribution in [0.4, 0.5) is 0 Å². The Morgan fingerprint density at radius 1 is 0.489 bits per heavy atom. The van der Waals surface area contributed by atoms with Gasteiger partial charge < -0.3 is 14.2 Å². The lowest BCUT2D eigenvalue weighted by molar-refractivity contribution is 0.413. The molecule has 228 valence electrons. The maximum atomic E-state index is 10.1. The Labute approximate surface area is 283 Å². The fourth-order valence-corrected chi connectivity index (χ4v) is 6.73. The molecule has 0 aromatic heterocycles. The van der Waals surface area contributed by atoms with E-state index in [-0.39, 0.29) is 0 Å². The van der Waals surface area contributed by atoms with Gasteiger partial charge in [-0.2, -0.15) is 10.5 Å². The number of aryl methyl sites for hydroxylation is 1. The summed E-state index contributed by atoms with van der Waals surface area (Å²) in [5, 5.41) is 19.6. The van der Waals surface area contributed by atoms with Gasteiger partial charge in [-0.05, 0) is 115 Å². The molecular formula is C40H28N2O3S2. The van der Waals surface area contributed by atoms with Crippen molar-refractivity contribution in [2.45, 2.75) is 26.5 Å². The first-order chi connectivity index (χ1) is 23.0. The smallest absolute Gasteiger partial charge is 0.146 e. The van der Waals surface area contributed by atoms with E-state index in [0.717, 1.165) is 47.6 Å². The summed E-state index contributed by atoms with van der Waals surface area (Å²) in [5.74, 6) is 3.22. The van der Waals surface area contributed by atoms with Gasteiger partial charge in [0.05, 0.1) is 12.7 Å². The van der Waals surface area contributed by atoms with E-state index in [0.29, 0.717) is 28.6 Å². The molecule has 47 heavy (non-hydrogen) atoms. The van der Waals surface area contributed by atoms with E-state index in [9.17, 15) is 10.5 Å². The van der Waals surface area contributed by atoms with Gasteiger partial charge in [0.25, 0.3) is 0 Å². The zero-order valence-corrected chi connectivity index (χ0v) is 27.3. The van der Waals surface area contributed by atoms with Gasteiger partial charge in [0.1, 0.15) is 46.4 Å². The van der Waals surface area contributed by atoms with Crippen LogP contribution in [-0.4, -0.2) is 7.11 Å². The van der Waals surface area contributed by atoms with Crippen molar-refractivity contribution in [3.05, 3.63) is 150 Å². The number of hydrogen-bond acceptors (Lipinski definition) is 7. The van der Waals surface area contributed by atoms with Gasteiger partial charge in [0.15, 0.2) is 0 Å². The van der Waals surface area contributed by atoms with E-state index in [1.807, 2.05) is 85.8 Å². The number of hydrogen-bond donors (Lipinski definition) is 0. The fraction of sp³-hybridized carbons (Fsp3) is 0.0500. The molecular weight excluding hydrogens is 621 g/mol. The number of methoxy groups -OCH3 is 1. The molecule has 0 amide bonds. The third-order valence-corrected chi connectivity index (χ3v) is 9.43. The zero-order chi connectivity index (χ0) is 32.6. The summed E-state index contributed by atoms with van der Waals surface area (Å²) in [7, 11) is 1.63. The van der Waals surface area contributed by atoms with Gasteiger partial charge in [-0.15, -0.1) is 0 Å². The van der Waals surface area contributed by atoms with E-state index in [1.165, 1.54) is 11.8 Å². The van der Waals surface area contributed by atoms with Crippen LogP contribution in [0.15, 0.2) is 153 Å². The van der Waals surface area contributed by atoms with Crippen molar-refractivity contribution in [1.82, 2.24) is 0 Å². The maximum Gasteiger partial charge on any atom is 0.146 e. The molecule has 0 bridgehead atoms. The van der Waals surface area contributed by atoms with Crippen molar-refractivity contribution < 1.29 is 14.2 Å². The monoisotopic (exact) mass is 648 g/mol. The van der Waals surface area contributed by atoms with E-state index in [1.54, 1.807) is 24.9 Å². The first-order valence-corrected chi connectivity index (χ1v) is 16.3. The highest BCUT2D eigenvalue weighted by molar-refractivity contribution is 7.99. The number of benzene rings is 6. The SMILES string of the molecule is COc1ccc(Oc2ccc(Oc3cccc(Sc4ccc(-c5ccc(Sc6cccc(C)c6C#N)cc5)cc4)c3C#N)cc2)cc1. The summed E-state index contributed by atoms with van der Waals surface area (Å²) >= 11 is 3.12. The highest BCUT2D eigenvalue weighted by Gasteiger charge is 2.13. The third-order valence-electron chi connectivity index (χ3n) is 7.29. The highest BCUT2D eigenvalue weighted by Crippen LogP contribution is 2.38. The molecule has 0 aliphatic heterocycles. The van der Waals surface area contributed by atoms with Gasteiger partial charge in [0.2, 0.25) is 0 Å². The molecule has 7 heteroatoms. The van der Waals surface area contributed by atoms with Crippen LogP contribution in [0.25, 0.3) is 11.1 Å². The second-order valence-electron chi connectivity index (χ2n) is 10.4. The number of ether oxygens (including phenoxy) is 3. The van der Waals surface area contributed by atoms with Gasteiger partial charge in [-0.1, -0.05) is 66.0 Å². The van der Waals surface area contributed by atoms with Crippen LogP contribution in [-0.2, 0) is 0 Å². The van der Waals surface area contributed by atoms with Crippen LogP contribution in [0, 0.1) is 29.6 Å². The second-order valence-corrected chi connectivity index (χ2v) is 12.6. The van der Waals surface area contributed by atoms with Crippen molar-refractivity contribution >= 4 is 23.5 Å². The average molecular weight is 649 g/mol. The standard InChI is InChI=1S/C40H28N2O3S2/c1-27-5-3-7-39(36(27)25-41)46-34-21-9-28(10-22-34)29-11-23-35(24-12-29)47-40-8-4-6-38(37(40)26-42)45-33-19-17-32(18-20-33)44-31-15-13-30(43-2)14-16-31/h3-24H,1-2H3. The molecule has 6 aromatic carbocycles. The first kappa shape index (κ1) is 31.4. The van der Waals surface area contributed by atoms with Crippen molar-refractivity contribution in [3.63, 3.8) is 0 Å². The van der Waals surface area contributed by atoms with E-state index >= 15 is 0 Å². The average Bonchev–Trinajstić information content (AvgIpc) is 3.10. The second kappa shape index (κ2) is 14.7. The lowest BCUT2D eigenvalue weighted by Crippen LogP contribution is -1.91. The quantitative estimate of drug-likeness (QED) is 0.146. The molecule has 0 radical (unpaired) electrons. The maximum absolute atomic E-state index is 10.1. The third kappa shape index (κ3) is 7.62. The first-order valence-electron chi connectivity index (χ1n) is 14.7. The molecule has 0 atom stereocenters. The van der Waals surface area contributed by atoms with Gasteiger partial charge in [-0.3, -0.25) is 0 Å². The molecule has 6 aromatic rings. The Balaban J connectivity index is 1.11. The molecule has 0 saturated carbocycles. The van der Waals surface area contributed by atoms with Crippen molar-refractivity contribution in [2.75, 3.05) is 7.11 Å². The number of nitriles is 2. The normalized spacial score (nSPS) is 10.5. The molecule has 0 aliphatic carbocycles. The van der Waals surface area contributed by atoms with Crippen LogP contribution in [0.1, 0.15) is 16.7 Å². The lowest BCUT2D eigenvalue weighted by atomic mass is 10.1. The van der Waals surface area contributed by atoms with Crippen LogP contribution in [0.5, 0.6) is 28.7 Å². The molecule has 6 rings (SSSR count). The fourth-order valence-electron chi connectivity index (χ4n) is 4.83. The molecule has 0 unspecified atom stereocenters. The summed E-state index contributed by atoms with van der Waals surface area (Å²) in [6, 6.07) is 47.5. The topological polar surface area (TPSA) is 75.3 Å². The van der Waals surface area contributed by atoms with Crippen LogP contribution in [0.3, 0.4) is 0 Å². The lowest BCUT2D eigenvalue weighted by Gasteiger charge is -2.12. The Kier molecular flexibility index (Phi) is 9.79. The Bertz CT molecular complexity index is 2080. The molecule has 0 N–H and O–H groups in total. The Morgan fingerprint density at radius 2 is 0.936 bits per heavy atom. The molecule has 0 fully saturated rings. The predicted octanol–water partition coefficient (Wildman–Crippen LogP) is 11.3. The zero-order valence-electron chi connectivity index (χ0n) is 25.6. The van der Waals surface area contributed by atoms with Crippen molar-refractivity contribution in [3.8, 4) is 52.0 Å². The molecule has 0 spiro atoms. The number of rotatable bonds is 10. The minimum atomic E-state index is 0.474. The Hall–Kier alpha value is -5.60. The summed E-state index contributed by atoms with van der Waals surface area (Å²) in [6.45, 7) is 1.96. The summed E-state index contributed by atoms with van der Waals surface area (Å²) in [4.78, 5) is 3.86. The minimum absolute atomic E-state index is 0.474. The summed E-state index contributed by atoms with van der Waals surface area (Å²) < 4.78 is 17.2. The van der Waals surface area contributed by atoms with Crippen molar-refractivity contribution in [2.24, 2.45) is 0 Å². The molecule has 0 saturated heterocycles. The molecule has 0 aliphatic rings.